The summed E-state index contributed by atoms with van der Waals surface area (Å²) in [7, 11) is 0. The molecule has 0 bridgehead atoms. The summed E-state index contributed by atoms with van der Waals surface area (Å²) < 4.78 is 0. The topological polar surface area (TPSA) is 95.7 Å². The lowest BCUT2D eigenvalue weighted by Gasteiger charge is -2.43. The maximum absolute atomic E-state index is 13.1. The molecule has 1 aliphatic carbocycles. The molecule has 1 saturated carbocycles. The van der Waals surface area contributed by atoms with E-state index in [9.17, 15) is 14.4 Å². The maximum atomic E-state index is 13.1. The number of hydrogen-bond donors (Lipinski definition) is 2. The minimum absolute atomic E-state index is 0. The molecular weight excluding hydrogens is 356 g/mol. The Kier molecular flexibility index (Phi) is 5.93. The van der Waals surface area contributed by atoms with E-state index in [0.29, 0.717) is 31.8 Å². The van der Waals surface area contributed by atoms with Crippen LogP contribution in [0, 0.1) is 11.3 Å². The summed E-state index contributed by atoms with van der Waals surface area (Å²) in [4.78, 5) is 41.0. The molecule has 148 valence electrons. The number of urea groups is 1. The first-order valence-corrected chi connectivity index (χ1v) is 9.31. The normalized spacial score (nSPS) is 33.4. The average Bonchev–Trinajstić information content (AvgIpc) is 3.04. The van der Waals surface area contributed by atoms with E-state index in [2.05, 4.69) is 26.1 Å². The van der Waals surface area contributed by atoms with Gasteiger partial charge in [-0.3, -0.25) is 14.5 Å². The van der Waals surface area contributed by atoms with Crippen LogP contribution in [-0.4, -0.2) is 58.9 Å². The van der Waals surface area contributed by atoms with E-state index in [1.807, 2.05) is 0 Å². The molecule has 0 aromatic heterocycles. The minimum Gasteiger partial charge on any atom is -0.337 e. The van der Waals surface area contributed by atoms with E-state index in [-0.39, 0.29) is 42.2 Å². The van der Waals surface area contributed by atoms with Gasteiger partial charge in [0, 0.05) is 19.1 Å². The third kappa shape index (κ3) is 3.69. The van der Waals surface area contributed by atoms with Gasteiger partial charge in [0.1, 0.15) is 12.1 Å². The van der Waals surface area contributed by atoms with E-state index in [1.54, 1.807) is 4.90 Å². The quantitative estimate of drug-likeness (QED) is 0.718. The van der Waals surface area contributed by atoms with Gasteiger partial charge in [-0.05, 0) is 43.4 Å². The first-order chi connectivity index (χ1) is 11.7. The van der Waals surface area contributed by atoms with E-state index >= 15 is 0 Å². The zero-order valence-corrected chi connectivity index (χ0v) is 16.7. The highest BCUT2D eigenvalue weighted by Gasteiger charge is 2.56. The second-order valence-electron chi connectivity index (χ2n) is 8.88. The van der Waals surface area contributed by atoms with Gasteiger partial charge in [0.15, 0.2) is 0 Å². The molecular formula is C18H31ClN4O3. The van der Waals surface area contributed by atoms with Crippen LogP contribution in [0.25, 0.3) is 0 Å². The van der Waals surface area contributed by atoms with Gasteiger partial charge < -0.3 is 16.0 Å². The van der Waals surface area contributed by atoms with Crippen molar-refractivity contribution in [3.63, 3.8) is 0 Å². The number of imide groups is 1. The van der Waals surface area contributed by atoms with Crippen molar-refractivity contribution in [1.29, 1.82) is 0 Å². The van der Waals surface area contributed by atoms with Gasteiger partial charge >= 0.3 is 6.03 Å². The second kappa shape index (κ2) is 7.35. The lowest BCUT2D eigenvalue weighted by atomic mass is 9.64. The standard InChI is InChI=1S/C18H30N4O3.ClH/c1-12-7-17(2,3)11-18(8-12)15(24)22(16(25)20-18)10-14(23)21-6-4-5-13(21)9-19;/h12-13H,4-11,19H2,1-3H3,(H,20,25);1H. The van der Waals surface area contributed by atoms with Crippen molar-refractivity contribution in [1.82, 2.24) is 15.1 Å². The molecule has 0 radical (unpaired) electrons. The number of likely N-dealkylation sites (tertiary alicyclic amines) is 1. The molecule has 7 nitrogen and oxygen atoms in total. The molecule has 26 heavy (non-hydrogen) atoms. The number of carbonyl (C=O) groups is 3. The van der Waals surface area contributed by atoms with Crippen LogP contribution >= 0.6 is 12.4 Å². The van der Waals surface area contributed by atoms with Gasteiger partial charge in [0.25, 0.3) is 5.91 Å². The Morgan fingerprint density at radius 3 is 2.62 bits per heavy atom. The number of nitrogens with two attached hydrogens (primary N) is 1. The third-order valence-electron chi connectivity index (χ3n) is 5.89. The number of rotatable bonds is 3. The molecule has 8 heteroatoms. The van der Waals surface area contributed by atoms with Gasteiger partial charge in [-0.15, -0.1) is 12.4 Å². The van der Waals surface area contributed by atoms with Crippen molar-refractivity contribution >= 4 is 30.3 Å². The van der Waals surface area contributed by atoms with E-state index in [4.69, 9.17) is 5.73 Å². The Balaban J connectivity index is 0.00000243. The Bertz CT molecular complexity index is 597. The fourth-order valence-electron chi connectivity index (χ4n) is 5.28. The predicted molar refractivity (Wildman–Crippen MR) is 101 cm³/mol. The van der Waals surface area contributed by atoms with E-state index < -0.39 is 11.6 Å². The van der Waals surface area contributed by atoms with Crippen molar-refractivity contribution in [2.45, 2.75) is 64.5 Å². The number of nitrogens with one attached hydrogen (secondary N) is 1. The van der Waals surface area contributed by atoms with Crippen LogP contribution in [0.1, 0.15) is 52.9 Å². The number of halogens is 1. The zero-order chi connectivity index (χ0) is 18.4. The summed E-state index contributed by atoms with van der Waals surface area (Å²) in [5, 5.41) is 2.92. The molecule has 3 aliphatic rings. The van der Waals surface area contributed by atoms with Crippen LogP contribution in [0.4, 0.5) is 4.79 Å². The van der Waals surface area contributed by atoms with Crippen LogP contribution in [0.2, 0.25) is 0 Å². The minimum atomic E-state index is -0.850. The Hall–Kier alpha value is -1.34. The average molecular weight is 387 g/mol. The van der Waals surface area contributed by atoms with E-state index in [0.717, 1.165) is 24.2 Å². The van der Waals surface area contributed by atoms with Crippen molar-refractivity contribution in [2.75, 3.05) is 19.6 Å². The van der Waals surface area contributed by atoms with Gasteiger partial charge in [-0.2, -0.15) is 0 Å². The molecule has 4 amide bonds. The molecule has 3 rings (SSSR count). The Morgan fingerprint density at radius 1 is 1.31 bits per heavy atom. The molecule has 0 aromatic rings. The highest BCUT2D eigenvalue weighted by molar-refractivity contribution is 6.09. The first kappa shape index (κ1) is 21.0. The molecule has 2 heterocycles. The van der Waals surface area contributed by atoms with Gasteiger partial charge in [-0.25, -0.2) is 4.79 Å². The number of carbonyl (C=O) groups excluding carboxylic acids is 3. The summed E-state index contributed by atoms with van der Waals surface area (Å²) in [5.41, 5.74) is 4.86. The summed E-state index contributed by atoms with van der Waals surface area (Å²) in [6, 6.07) is -0.414. The summed E-state index contributed by atoms with van der Waals surface area (Å²) in [6.07, 6.45) is 4.10. The molecule has 2 saturated heterocycles. The lowest BCUT2D eigenvalue weighted by molar-refractivity contribution is -0.141. The largest absolute Gasteiger partial charge is 0.337 e. The van der Waals surface area contributed by atoms with Gasteiger partial charge in [0.2, 0.25) is 5.91 Å². The second-order valence-corrected chi connectivity index (χ2v) is 8.88. The molecule has 1 spiro atoms. The smallest absolute Gasteiger partial charge is 0.325 e. The molecule has 2 aliphatic heterocycles. The highest BCUT2D eigenvalue weighted by atomic mass is 35.5. The van der Waals surface area contributed by atoms with Crippen molar-refractivity contribution in [2.24, 2.45) is 17.1 Å². The summed E-state index contributed by atoms with van der Waals surface area (Å²) in [6.45, 7) is 7.27. The summed E-state index contributed by atoms with van der Waals surface area (Å²) >= 11 is 0. The van der Waals surface area contributed by atoms with Crippen molar-refractivity contribution < 1.29 is 14.4 Å². The zero-order valence-electron chi connectivity index (χ0n) is 15.9. The van der Waals surface area contributed by atoms with Crippen LogP contribution in [0.5, 0.6) is 0 Å². The fourth-order valence-corrected chi connectivity index (χ4v) is 5.28. The Morgan fingerprint density at radius 2 is 2.00 bits per heavy atom. The third-order valence-corrected chi connectivity index (χ3v) is 5.89. The van der Waals surface area contributed by atoms with Crippen LogP contribution in [0.3, 0.4) is 0 Å². The SMILES string of the molecule is CC1CC(C)(C)CC2(C1)NC(=O)N(CC(=O)N1CCCC1CN)C2=O.Cl. The fraction of sp³-hybridized carbons (Fsp3) is 0.833. The van der Waals surface area contributed by atoms with Gasteiger partial charge in [-0.1, -0.05) is 20.8 Å². The number of hydrogen-bond acceptors (Lipinski definition) is 4. The number of amides is 4. The molecule has 3 atom stereocenters. The maximum Gasteiger partial charge on any atom is 0.325 e. The first-order valence-electron chi connectivity index (χ1n) is 9.31. The molecule has 3 N–H and O–H groups in total. The van der Waals surface area contributed by atoms with Crippen molar-refractivity contribution in [3.8, 4) is 0 Å². The molecule has 0 aromatic carbocycles. The van der Waals surface area contributed by atoms with Crippen LogP contribution in [-0.2, 0) is 9.59 Å². The van der Waals surface area contributed by atoms with Gasteiger partial charge in [0.05, 0.1) is 0 Å². The highest BCUT2D eigenvalue weighted by Crippen LogP contribution is 2.46. The number of nitrogens with zero attached hydrogens (tertiary/aromatic N) is 2. The monoisotopic (exact) mass is 386 g/mol. The van der Waals surface area contributed by atoms with Crippen LogP contribution in [0.15, 0.2) is 0 Å². The van der Waals surface area contributed by atoms with Crippen LogP contribution < -0.4 is 11.1 Å². The summed E-state index contributed by atoms with van der Waals surface area (Å²) in [5.74, 6) is -0.0746. The molecule has 3 fully saturated rings. The predicted octanol–water partition coefficient (Wildman–Crippen LogP) is 1.49. The molecule has 3 unspecified atom stereocenters. The van der Waals surface area contributed by atoms with E-state index in [1.165, 1.54) is 0 Å². The Labute approximate surface area is 161 Å². The lowest BCUT2D eigenvalue weighted by Crippen LogP contribution is -2.54. The van der Waals surface area contributed by atoms with Crippen molar-refractivity contribution in [3.05, 3.63) is 0 Å².